The van der Waals surface area contributed by atoms with Gasteiger partial charge in [0.1, 0.15) is 0 Å². The molecule has 0 saturated carbocycles. The van der Waals surface area contributed by atoms with Gasteiger partial charge in [-0.15, -0.1) is 0 Å². The highest BCUT2D eigenvalue weighted by Crippen LogP contribution is 2.12. The van der Waals surface area contributed by atoms with E-state index in [4.69, 9.17) is 5.11 Å². The van der Waals surface area contributed by atoms with Gasteiger partial charge in [0.2, 0.25) is 5.91 Å². The predicted octanol–water partition coefficient (Wildman–Crippen LogP) is 2.70. The van der Waals surface area contributed by atoms with Gasteiger partial charge < -0.3 is 5.11 Å². The van der Waals surface area contributed by atoms with Crippen molar-refractivity contribution in [2.45, 2.75) is 19.8 Å². The van der Waals surface area contributed by atoms with Gasteiger partial charge in [-0.1, -0.05) is 49.0 Å². The molecule has 1 aromatic rings. The van der Waals surface area contributed by atoms with Crippen molar-refractivity contribution in [1.82, 2.24) is 5.01 Å². The lowest BCUT2D eigenvalue weighted by atomic mass is 10.0. The standard InChI is InChI=1S/C16H21N3O3S/c1-4-13(15(21)22)10-14(20)18-16(23-3)19(2)17-11-12-8-6-5-7-9-12/h5-9,11,13H,4,10H2,1-3H3,(H,21,22). The Kier molecular flexibility index (Phi) is 8.04. The van der Waals surface area contributed by atoms with Gasteiger partial charge in [-0.05, 0) is 18.2 Å². The zero-order valence-electron chi connectivity index (χ0n) is 13.5. The average Bonchev–Trinajstić information content (AvgIpc) is 2.56. The van der Waals surface area contributed by atoms with Crippen molar-refractivity contribution in [3.63, 3.8) is 0 Å². The number of benzene rings is 1. The number of carbonyl (C=O) groups is 2. The number of hydrazone groups is 1. The Bertz CT molecular complexity index is 587. The summed E-state index contributed by atoms with van der Waals surface area (Å²) in [4.78, 5) is 26.9. The average molecular weight is 335 g/mol. The molecule has 1 N–H and O–H groups in total. The first-order valence-corrected chi connectivity index (χ1v) is 8.41. The van der Waals surface area contributed by atoms with Crippen LogP contribution in [-0.2, 0) is 9.59 Å². The molecule has 1 atom stereocenters. The Morgan fingerprint density at radius 3 is 2.52 bits per heavy atom. The first-order valence-electron chi connectivity index (χ1n) is 7.19. The van der Waals surface area contributed by atoms with Crippen LogP contribution >= 0.6 is 11.8 Å². The molecular weight excluding hydrogens is 314 g/mol. The van der Waals surface area contributed by atoms with Crippen molar-refractivity contribution in [2.75, 3.05) is 13.3 Å². The summed E-state index contributed by atoms with van der Waals surface area (Å²) in [5, 5.41) is 15.2. The summed E-state index contributed by atoms with van der Waals surface area (Å²) in [5.41, 5.74) is 0.933. The quantitative estimate of drug-likeness (QED) is 0.491. The van der Waals surface area contributed by atoms with Gasteiger partial charge >= 0.3 is 5.97 Å². The zero-order valence-corrected chi connectivity index (χ0v) is 14.3. The molecule has 0 saturated heterocycles. The van der Waals surface area contributed by atoms with E-state index in [-0.39, 0.29) is 6.42 Å². The summed E-state index contributed by atoms with van der Waals surface area (Å²) < 4.78 is 0. The van der Waals surface area contributed by atoms with Crippen LogP contribution in [0.15, 0.2) is 40.4 Å². The van der Waals surface area contributed by atoms with E-state index in [1.54, 1.807) is 26.4 Å². The number of nitrogens with zero attached hydrogens (tertiary/aromatic N) is 3. The van der Waals surface area contributed by atoms with Crippen molar-refractivity contribution >= 4 is 35.0 Å². The molecule has 0 spiro atoms. The van der Waals surface area contributed by atoms with Crippen molar-refractivity contribution in [3.8, 4) is 0 Å². The van der Waals surface area contributed by atoms with Crippen LogP contribution in [0.1, 0.15) is 25.3 Å². The summed E-state index contributed by atoms with van der Waals surface area (Å²) in [6.07, 6.45) is 3.75. The predicted molar refractivity (Wildman–Crippen MR) is 93.8 cm³/mol. The second-order valence-corrected chi connectivity index (χ2v) is 5.59. The van der Waals surface area contributed by atoms with Crippen LogP contribution < -0.4 is 0 Å². The fourth-order valence-corrected chi connectivity index (χ4v) is 2.27. The van der Waals surface area contributed by atoms with Crippen LogP contribution in [0.4, 0.5) is 0 Å². The molecular formula is C16H21N3O3S. The Morgan fingerprint density at radius 2 is 2.00 bits per heavy atom. The van der Waals surface area contributed by atoms with Gasteiger partial charge in [0.05, 0.1) is 12.1 Å². The first kappa shape index (κ1) is 18.9. The molecule has 7 heteroatoms. The smallest absolute Gasteiger partial charge is 0.307 e. The summed E-state index contributed by atoms with van der Waals surface area (Å²) in [5.74, 6) is -2.13. The van der Waals surface area contributed by atoms with Crippen LogP contribution in [0.5, 0.6) is 0 Å². The first-order chi connectivity index (χ1) is 11.0. The molecule has 6 nitrogen and oxygen atoms in total. The lowest BCUT2D eigenvalue weighted by Crippen LogP contribution is -2.21. The van der Waals surface area contributed by atoms with E-state index in [0.717, 1.165) is 5.56 Å². The van der Waals surface area contributed by atoms with E-state index >= 15 is 0 Å². The van der Waals surface area contributed by atoms with Crippen LogP contribution in [0.3, 0.4) is 0 Å². The maximum absolute atomic E-state index is 11.9. The Balaban J connectivity index is 2.75. The minimum atomic E-state index is -0.975. The molecule has 1 aromatic carbocycles. The molecule has 0 heterocycles. The van der Waals surface area contributed by atoms with Crippen LogP contribution in [0, 0.1) is 5.92 Å². The summed E-state index contributed by atoms with van der Waals surface area (Å²) in [6.45, 7) is 1.74. The van der Waals surface area contributed by atoms with E-state index in [1.807, 2.05) is 30.3 Å². The molecule has 1 rings (SSSR count). The highest BCUT2D eigenvalue weighted by molar-refractivity contribution is 8.13. The van der Waals surface area contributed by atoms with Crippen molar-refractivity contribution in [1.29, 1.82) is 0 Å². The maximum atomic E-state index is 11.9. The van der Waals surface area contributed by atoms with Gasteiger partial charge in [0, 0.05) is 13.5 Å². The molecule has 0 aliphatic carbocycles. The number of amidine groups is 1. The number of hydrogen-bond donors (Lipinski definition) is 1. The minimum Gasteiger partial charge on any atom is -0.481 e. The zero-order chi connectivity index (χ0) is 17.2. The number of amides is 1. The van der Waals surface area contributed by atoms with Gasteiger partial charge in [-0.25, -0.2) is 5.01 Å². The Hall–Kier alpha value is -2.15. The number of rotatable bonds is 6. The molecule has 0 bridgehead atoms. The third kappa shape index (κ3) is 6.65. The van der Waals surface area contributed by atoms with Crippen molar-refractivity contribution < 1.29 is 14.7 Å². The maximum Gasteiger partial charge on any atom is 0.307 e. The molecule has 0 fully saturated rings. The largest absolute Gasteiger partial charge is 0.481 e. The highest BCUT2D eigenvalue weighted by atomic mass is 32.2. The van der Waals surface area contributed by atoms with Crippen LogP contribution in [0.2, 0.25) is 0 Å². The second kappa shape index (κ2) is 9.78. The number of hydrogen-bond acceptors (Lipinski definition) is 4. The molecule has 1 unspecified atom stereocenters. The van der Waals surface area contributed by atoms with Crippen LogP contribution in [-0.4, -0.2) is 46.7 Å². The second-order valence-electron chi connectivity index (χ2n) is 4.82. The van der Waals surface area contributed by atoms with Gasteiger partial charge in [0.25, 0.3) is 0 Å². The van der Waals surface area contributed by atoms with Gasteiger partial charge in [-0.3, -0.25) is 9.59 Å². The third-order valence-electron chi connectivity index (χ3n) is 3.12. The molecule has 0 aliphatic rings. The third-order valence-corrected chi connectivity index (χ3v) is 3.84. The lowest BCUT2D eigenvalue weighted by molar-refractivity contribution is -0.143. The van der Waals surface area contributed by atoms with E-state index in [1.165, 1.54) is 16.8 Å². The SMILES string of the molecule is CCC(CC(=O)N=C(SC)N(C)N=Cc1ccccc1)C(=O)O. The van der Waals surface area contributed by atoms with Gasteiger partial charge in [-0.2, -0.15) is 10.1 Å². The lowest BCUT2D eigenvalue weighted by Gasteiger charge is -2.13. The van der Waals surface area contributed by atoms with E-state index in [9.17, 15) is 9.59 Å². The van der Waals surface area contributed by atoms with E-state index < -0.39 is 17.8 Å². The van der Waals surface area contributed by atoms with Crippen molar-refractivity contribution in [2.24, 2.45) is 16.0 Å². The molecule has 23 heavy (non-hydrogen) atoms. The molecule has 0 radical (unpaired) electrons. The monoisotopic (exact) mass is 335 g/mol. The molecule has 1 amide bonds. The summed E-state index contributed by atoms with van der Waals surface area (Å²) >= 11 is 1.28. The minimum absolute atomic E-state index is 0.105. The van der Waals surface area contributed by atoms with E-state index in [0.29, 0.717) is 11.6 Å². The molecule has 124 valence electrons. The Labute approximate surface area is 140 Å². The highest BCUT2D eigenvalue weighted by Gasteiger charge is 2.19. The number of thioether (sulfide) groups is 1. The Morgan fingerprint density at radius 1 is 1.35 bits per heavy atom. The summed E-state index contributed by atoms with van der Waals surface area (Å²) in [7, 11) is 1.69. The van der Waals surface area contributed by atoms with Gasteiger partial charge in [0.15, 0.2) is 5.17 Å². The van der Waals surface area contributed by atoms with E-state index in [2.05, 4.69) is 10.1 Å². The number of aliphatic imine (C=N–C) groups is 1. The summed E-state index contributed by atoms with van der Waals surface area (Å²) in [6, 6.07) is 9.56. The molecule has 0 aromatic heterocycles. The van der Waals surface area contributed by atoms with Crippen molar-refractivity contribution in [3.05, 3.63) is 35.9 Å². The number of carboxylic acid groups (broad SMARTS) is 1. The number of aliphatic carboxylic acids is 1. The van der Waals surface area contributed by atoms with Crippen LogP contribution in [0.25, 0.3) is 0 Å². The molecule has 0 aliphatic heterocycles. The number of carboxylic acids is 1. The number of carbonyl (C=O) groups excluding carboxylic acids is 1. The topological polar surface area (TPSA) is 82.3 Å². The fourth-order valence-electron chi connectivity index (χ4n) is 1.76. The fraction of sp³-hybridized carbons (Fsp3) is 0.375. The normalized spacial score (nSPS) is 13.1.